The lowest BCUT2D eigenvalue weighted by Gasteiger charge is -2.06. The molecule has 0 unspecified atom stereocenters. The summed E-state index contributed by atoms with van der Waals surface area (Å²) in [6, 6.07) is 11.9. The molecule has 2 aromatic carbocycles. The minimum Gasteiger partial charge on any atom is -0.322 e. The first-order chi connectivity index (χ1) is 8.56. The van der Waals surface area contributed by atoms with Gasteiger partial charge in [0.15, 0.2) is 0 Å². The van der Waals surface area contributed by atoms with Gasteiger partial charge in [-0.2, -0.15) is 0 Å². The third kappa shape index (κ3) is 3.19. The Bertz CT molecular complexity index is 584. The van der Waals surface area contributed by atoms with E-state index in [2.05, 4.69) is 17.9 Å². The summed E-state index contributed by atoms with van der Waals surface area (Å²) in [6.45, 7) is 0. The van der Waals surface area contributed by atoms with Crippen molar-refractivity contribution in [2.24, 2.45) is 0 Å². The zero-order valence-corrected chi connectivity index (χ0v) is 11.6. The molecule has 2 aromatic rings. The molecule has 0 saturated carbocycles. The molecule has 0 aliphatic heterocycles. The lowest BCUT2D eigenvalue weighted by Crippen LogP contribution is -2.11. The van der Waals surface area contributed by atoms with Crippen LogP contribution in [0.3, 0.4) is 0 Å². The van der Waals surface area contributed by atoms with E-state index in [0.29, 0.717) is 21.3 Å². The molecule has 2 rings (SSSR count). The lowest BCUT2D eigenvalue weighted by molar-refractivity contribution is 0.102. The van der Waals surface area contributed by atoms with Gasteiger partial charge in [0.05, 0.1) is 10.0 Å². The maximum absolute atomic E-state index is 11.9. The number of carbonyl (C=O) groups excluding carboxylic acids is 1. The van der Waals surface area contributed by atoms with Crippen molar-refractivity contribution in [3.8, 4) is 0 Å². The van der Waals surface area contributed by atoms with E-state index in [1.54, 1.807) is 36.4 Å². The maximum Gasteiger partial charge on any atom is 0.255 e. The first-order valence-electron chi connectivity index (χ1n) is 5.12. The average Bonchev–Trinajstić information content (AvgIpc) is 2.35. The molecule has 0 spiro atoms. The molecule has 0 fully saturated rings. The Morgan fingerprint density at radius 1 is 1.00 bits per heavy atom. The Balaban J connectivity index is 2.16. The molecule has 0 aliphatic rings. The summed E-state index contributed by atoms with van der Waals surface area (Å²) in [5, 5.41) is 3.54. The SMILES string of the molecule is O=C(Nc1ccc(S)cc1)c1ccc(Cl)c(Cl)c1. The van der Waals surface area contributed by atoms with E-state index in [-0.39, 0.29) is 5.91 Å². The molecule has 1 N–H and O–H groups in total. The van der Waals surface area contributed by atoms with Gasteiger partial charge >= 0.3 is 0 Å². The minimum absolute atomic E-state index is 0.236. The highest BCUT2D eigenvalue weighted by atomic mass is 35.5. The van der Waals surface area contributed by atoms with Gasteiger partial charge in [0.1, 0.15) is 0 Å². The summed E-state index contributed by atoms with van der Waals surface area (Å²) in [6.07, 6.45) is 0. The molecule has 18 heavy (non-hydrogen) atoms. The minimum atomic E-state index is -0.236. The number of thiol groups is 1. The summed E-state index contributed by atoms with van der Waals surface area (Å²) in [7, 11) is 0. The number of halogens is 2. The van der Waals surface area contributed by atoms with E-state index in [4.69, 9.17) is 23.2 Å². The van der Waals surface area contributed by atoms with Crippen LogP contribution >= 0.6 is 35.8 Å². The lowest BCUT2D eigenvalue weighted by atomic mass is 10.2. The summed E-state index contributed by atoms with van der Waals surface area (Å²) >= 11 is 15.8. The largest absolute Gasteiger partial charge is 0.322 e. The Kier molecular flexibility index (Phi) is 4.17. The predicted molar refractivity (Wildman–Crippen MR) is 78.1 cm³/mol. The molecule has 0 aromatic heterocycles. The molecular formula is C13H9Cl2NOS. The van der Waals surface area contributed by atoms with Crippen LogP contribution < -0.4 is 5.32 Å². The fraction of sp³-hybridized carbons (Fsp3) is 0. The molecule has 2 nitrogen and oxygen atoms in total. The Hall–Kier alpha value is -1.16. The van der Waals surface area contributed by atoms with Gasteiger partial charge in [-0.15, -0.1) is 12.6 Å². The predicted octanol–water partition coefficient (Wildman–Crippen LogP) is 4.53. The van der Waals surface area contributed by atoms with Crippen molar-refractivity contribution in [1.29, 1.82) is 0 Å². The van der Waals surface area contributed by atoms with E-state index in [1.807, 2.05) is 0 Å². The monoisotopic (exact) mass is 297 g/mol. The number of hydrogen-bond donors (Lipinski definition) is 2. The topological polar surface area (TPSA) is 29.1 Å². The molecule has 0 atom stereocenters. The van der Waals surface area contributed by atoms with Crippen LogP contribution in [0.4, 0.5) is 5.69 Å². The Morgan fingerprint density at radius 2 is 1.67 bits per heavy atom. The van der Waals surface area contributed by atoms with Crippen LogP contribution in [0.25, 0.3) is 0 Å². The molecule has 92 valence electrons. The van der Waals surface area contributed by atoms with Crippen LogP contribution in [-0.2, 0) is 0 Å². The van der Waals surface area contributed by atoms with Crippen molar-refractivity contribution in [3.05, 3.63) is 58.1 Å². The van der Waals surface area contributed by atoms with Crippen LogP contribution in [0.1, 0.15) is 10.4 Å². The second kappa shape index (κ2) is 5.65. The smallest absolute Gasteiger partial charge is 0.255 e. The highest BCUT2D eigenvalue weighted by Crippen LogP contribution is 2.23. The van der Waals surface area contributed by atoms with Crippen LogP contribution in [0.5, 0.6) is 0 Å². The standard InChI is InChI=1S/C13H9Cl2NOS/c14-11-6-1-8(7-12(11)15)13(17)16-9-2-4-10(18)5-3-9/h1-7,18H,(H,16,17). The molecule has 0 aliphatic carbocycles. The van der Waals surface area contributed by atoms with Crippen molar-refractivity contribution in [3.63, 3.8) is 0 Å². The van der Waals surface area contributed by atoms with E-state index >= 15 is 0 Å². The second-order valence-corrected chi connectivity index (χ2v) is 4.96. The van der Waals surface area contributed by atoms with Crippen molar-refractivity contribution in [2.75, 3.05) is 5.32 Å². The number of benzene rings is 2. The zero-order valence-electron chi connectivity index (χ0n) is 9.15. The number of amides is 1. The fourth-order valence-electron chi connectivity index (χ4n) is 1.39. The quantitative estimate of drug-likeness (QED) is 0.783. The molecule has 0 bridgehead atoms. The van der Waals surface area contributed by atoms with Crippen molar-refractivity contribution in [2.45, 2.75) is 4.90 Å². The van der Waals surface area contributed by atoms with E-state index in [0.717, 1.165) is 4.90 Å². The van der Waals surface area contributed by atoms with Crippen molar-refractivity contribution in [1.82, 2.24) is 0 Å². The van der Waals surface area contributed by atoms with Gasteiger partial charge in [-0.25, -0.2) is 0 Å². The number of hydrogen-bond acceptors (Lipinski definition) is 2. The molecule has 0 radical (unpaired) electrons. The molecule has 0 heterocycles. The van der Waals surface area contributed by atoms with Gasteiger partial charge < -0.3 is 5.32 Å². The fourth-order valence-corrected chi connectivity index (χ4v) is 1.83. The number of anilines is 1. The normalized spacial score (nSPS) is 10.2. The summed E-state index contributed by atoms with van der Waals surface area (Å²) in [5.41, 5.74) is 1.16. The van der Waals surface area contributed by atoms with E-state index in [1.165, 1.54) is 6.07 Å². The van der Waals surface area contributed by atoms with Gasteiger partial charge in [0.2, 0.25) is 0 Å². The number of carbonyl (C=O) groups is 1. The Labute approximate surface area is 120 Å². The first-order valence-corrected chi connectivity index (χ1v) is 6.32. The molecule has 5 heteroatoms. The maximum atomic E-state index is 11.9. The molecular weight excluding hydrogens is 289 g/mol. The van der Waals surface area contributed by atoms with Gasteiger partial charge in [-0.05, 0) is 42.5 Å². The summed E-state index contributed by atoms with van der Waals surface area (Å²) in [4.78, 5) is 12.8. The summed E-state index contributed by atoms with van der Waals surface area (Å²) < 4.78 is 0. The van der Waals surface area contributed by atoms with Gasteiger partial charge in [-0.3, -0.25) is 4.79 Å². The Morgan fingerprint density at radius 3 is 2.28 bits per heavy atom. The number of rotatable bonds is 2. The van der Waals surface area contributed by atoms with E-state index in [9.17, 15) is 4.79 Å². The third-order valence-corrected chi connectivity index (χ3v) is 3.34. The van der Waals surface area contributed by atoms with Crippen LogP contribution in [0.15, 0.2) is 47.4 Å². The van der Waals surface area contributed by atoms with Crippen LogP contribution in [0.2, 0.25) is 10.0 Å². The van der Waals surface area contributed by atoms with Gasteiger partial charge in [-0.1, -0.05) is 23.2 Å². The highest BCUT2D eigenvalue weighted by molar-refractivity contribution is 7.80. The molecule has 1 amide bonds. The molecule has 0 saturated heterocycles. The second-order valence-electron chi connectivity index (χ2n) is 3.63. The van der Waals surface area contributed by atoms with E-state index < -0.39 is 0 Å². The van der Waals surface area contributed by atoms with Crippen LogP contribution in [0, 0.1) is 0 Å². The van der Waals surface area contributed by atoms with Crippen molar-refractivity contribution >= 4 is 47.4 Å². The highest BCUT2D eigenvalue weighted by Gasteiger charge is 2.08. The van der Waals surface area contributed by atoms with Gasteiger partial charge in [0.25, 0.3) is 5.91 Å². The average molecular weight is 298 g/mol. The van der Waals surface area contributed by atoms with Crippen molar-refractivity contribution < 1.29 is 4.79 Å². The van der Waals surface area contributed by atoms with Gasteiger partial charge in [0, 0.05) is 16.1 Å². The first kappa shape index (κ1) is 13.3. The summed E-state index contributed by atoms with van der Waals surface area (Å²) in [5.74, 6) is -0.236. The number of nitrogens with one attached hydrogen (secondary N) is 1. The van der Waals surface area contributed by atoms with Crippen LogP contribution in [-0.4, -0.2) is 5.91 Å². The third-order valence-electron chi connectivity index (χ3n) is 2.31. The zero-order chi connectivity index (χ0) is 13.1.